The zero-order chi connectivity index (χ0) is 22.8. The van der Waals surface area contributed by atoms with E-state index in [1.165, 1.54) is 16.7 Å². The molecule has 0 radical (unpaired) electrons. The molecule has 8 nitrogen and oxygen atoms in total. The second-order valence-corrected chi connectivity index (χ2v) is 7.30. The van der Waals surface area contributed by atoms with Crippen molar-refractivity contribution in [2.45, 2.75) is 20.0 Å². The number of carboxylic acid groups (broad SMARTS) is 2. The molecule has 1 aliphatic rings. The van der Waals surface area contributed by atoms with Gasteiger partial charge < -0.3 is 19.7 Å². The van der Waals surface area contributed by atoms with Gasteiger partial charge in [0.25, 0.3) is 0 Å². The Morgan fingerprint density at radius 2 is 1.39 bits per heavy atom. The number of aryl methyl sites for hydroxylation is 1. The Kier molecular flexibility index (Phi) is 9.30. The van der Waals surface area contributed by atoms with Gasteiger partial charge in [0, 0.05) is 44.8 Å². The molecule has 2 aromatic rings. The standard InChI is InChI=1S/C21H28N2O2.C2H2O4/c1-17-7-9-18(10-8-17)15-22-11-13-23(14-12-22)16-19-5-4-6-20(24-2)21(19)25-3;3-1(4)2(5)6/h4-10H,11-16H2,1-3H3;(H,3,4)(H,5,6). The fourth-order valence-corrected chi connectivity index (χ4v) is 3.38. The summed E-state index contributed by atoms with van der Waals surface area (Å²) in [5.74, 6) is -1.99. The summed E-state index contributed by atoms with van der Waals surface area (Å²) in [6.45, 7) is 8.42. The first-order chi connectivity index (χ1) is 14.8. The number of carboxylic acids is 2. The number of hydrogen-bond donors (Lipinski definition) is 2. The minimum atomic E-state index is -1.82. The largest absolute Gasteiger partial charge is 0.493 e. The molecule has 0 bridgehead atoms. The molecule has 168 valence electrons. The summed E-state index contributed by atoms with van der Waals surface area (Å²) in [5, 5.41) is 14.8. The van der Waals surface area contributed by atoms with Crippen molar-refractivity contribution in [3.05, 3.63) is 59.2 Å². The van der Waals surface area contributed by atoms with Gasteiger partial charge >= 0.3 is 11.9 Å². The van der Waals surface area contributed by atoms with Crippen LogP contribution in [-0.2, 0) is 22.7 Å². The summed E-state index contributed by atoms with van der Waals surface area (Å²) in [6, 6.07) is 15.0. The van der Waals surface area contributed by atoms with Gasteiger partial charge in [-0.25, -0.2) is 9.59 Å². The van der Waals surface area contributed by atoms with E-state index < -0.39 is 11.9 Å². The SMILES string of the molecule is COc1cccc(CN2CCN(Cc3ccc(C)cc3)CC2)c1OC.O=C(O)C(=O)O. The Bertz CT molecular complexity index is 849. The maximum Gasteiger partial charge on any atom is 0.414 e. The molecule has 31 heavy (non-hydrogen) atoms. The number of rotatable bonds is 6. The van der Waals surface area contributed by atoms with Crippen LogP contribution in [0.3, 0.4) is 0 Å². The molecule has 0 aliphatic carbocycles. The summed E-state index contributed by atoms with van der Waals surface area (Å²) in [5.41, 5.74) is 3.91. The molecule has 0 spiro atoms. The normalized spacial score (nSPS) is 14.3. The first-order valence-corrected chi connectivity index (χ1v) is 10.0. The van der Waals surface area contributed by atoms with Gasteiger partial charge in [-0.15, -0.1) is 0 Å². The molecule has 1 aliphatic heterocycles. The maximum atomic E-state index is 9.10. The number of benzene rings is 2. The Hall–Kier alpha value is -3.10. The second-order valence-electron chi connectivity index (χ2n) is 7.30. The molecule has 3 rings (SSSR count). The minimum absolute atomic E-state index is 0.804. The molecule has 0 unspecified atom stereocenters. The number of ether oxygens (including phenoxy) is 2. The smallest absolute Gasteiger partial charge is 0.414 e. The fraction of sp³-hybridized carbons (Fsp3) is 0.391. The number of nitrogens with zero attached hydrogens (tertiary/aromatic N) is 2. The summed E-state index contributed by atoms with van der Waals surface area (Å²) >= 11 is 0. The van der Waals surface area contributed by atoms with E-state index in [4.69, 9.17) is 29.3 Å². The second kappa shape index (κ2) is 11.9. The highest BCUT2D eigenvalue weighted by Gasteiger charge is 2.19. The van der Waals surface area contributed by atoms with Crippen LogP contribution >= 0.6 is 0 Å². The van der Waals surface area contributed by atoms with Crippen molar-refractivity contribution < 1.29 is 29.3 Å². The minimum Gasteiger partial charge on any atom is -0.493 e. The van der Waals surface area contributed by atoms with Gasteiger partial charge in [0.15, 0.2) is 11.5 Å². The lowest BCUT2D eigenvalue weighted by Gasteiger charge is -2.35. The van der Waals surface area contributed by atoms with E-state index in [1.807, 2.05) is 12.1 Å². The molecule has 0 atom stereocenters. The van der Waals surface area contributed by atoms with Gasteiger partial charge in [0.05, 0.1) is 14.2 Å². The van der Waals surface area contributed by atoms with Crippen LogP contribution in [0.15, 0.2) is 42.5 Å². The van der Waals surface area contributed by atoms with Crippen molar-refractivity contribution in [1.29, 1.82) is 0 Å². The number of piperazine rings is 1. The molecule has 0 amide bonds. The lowest BCUT2D eigenvalue weighted by Crippen LogP contribution is -2.45. The third-order valence-electron chi connectivity index (χ3n) is 5.05. The van der Waals surface area contributed by atoms with E-state index in [0.717, 1.165) is 50.8 Å². The highest BCUT2D eigenvalue weighted by Crippen LogP contribution is 2.31. The third kappa shape index (κ3) is 7.58. The molecule has 2 N–H and O–H groups in total. The first kappa shape index (κ1) is 24.2. The molecular formula is C23H30N2O6. The molecule has 1 saturated heterocycles. The monoisotopic (exact) mass is 430 g/mol. The van der Waals surface area contributed by atoms with Gasteiger partial charge in [-0.1, -0.05) is 42.0 Å². The van der Waals surface area contributed by atoms with Crippen LogP contribution < -0.4 is 9.47 Å². The fourth-order valence-electron chi connectivity index (χ4n) is 3.38. The quantitative estimate of drug-likeness (QED) is 0.675. The third-order valence-corrected chi connectivity index (χ3v) is 5.05. The van der Waals surface area contributed by atoms with E-state index >= 15 is 0 Å². The Balaban J connectivity index is 0.000000501. The van der Waals surface area contributed by atoms with Crippen LogP contribution in [0.1, 0.15) is 16.7 Å². The molecule has 0 aromatic heterocycles. The summed E-state index contributed by atoms with van der Waals surface area (Å²) < 4.78 is 11.0. The van der Waals surface area contributed by atoms with Gasteiger partial charge in [-0.2, -0.15) is 0 Å². The predicted molar refractivity (Wildman–Crippen MR) is 117 cm³/mol. The zero-order valence-electron chi connectivity index (χ0n) is 18.2. The highest BCUT2D eigenvalue weighted by atomic mass is 16.5. The summed E-state index contributed by atoms with van der Waals surface area (Å²) in [4.78, 5) is 23.2. The van der Waals surface area contributed by atoms with E-state index in [0.29, 0.717) is 0 Å². The number of hydrogen-bond acceptors (Lipinski definition) is 6. The van der Waals surface area contributed by atoms with Crippen LogP contribution in [0, 0.1) is 6.92 Å². The van der Waals surface area contributed by atoms with Gasteiger partial charge in [-0.05, 0) is 18.6 Å². The van der Waals surface area contributed by atoms with E-state index in [1.54, 1.807) is 14.2 Å². The van der Waals surface area contributed by atoms with Crippen molar-refractivity contribution in [2.24, 2.45) is 0 Å². The molecule has 0 saturated carbocycles. The van der Waals surface area contributed by atoms with Gasteiger partial charge in [0.1, 0.15) is 0 Å². The van der Waals surface area contributed by atoms with Crippen LogP contribution in [0.25, 0.3) is 0 Å². The number of para-hydroxylation sites is 1. The molecule has 1 fully saturated rings. The average molecular weight is 431 g/mol. The van der Waals surface area contributed by atoms with E-state index in [-0.39, 0.29) is 0 Å². The van der Waals surface area contributed by atoms with Crippen LogP contribution in [-0.4, -0.2) is 72.4 Å². The summed E-state index contributed by atoms with van der Waals surface area (Å²) in [6.07, 6.45) is 0. The van der Waals surface area contributed by atoms with Crippen molar-refractivity contribution in [1.82, 2.24) is 9.80 Å². The Morgan fingerprint density at radius 3 is 1.87 bits per heavy atom. The molecule has 1 heterocycles. The van der Waals surface area contributed by atoms with Gasteiger partial charge in [0.2, 0.25) is 0 Å². The first-order valence-electron chi connectivity index (χ1n) is 10.0. The van der Waals surface area contributed by atoms with Crippen LogP contribution in [0.5, 0.6) is 11.5 Å². The Morgan fingerprint density at radius 1 is 0.839 bits per heavy atom. The van der Waals surface area contributed by atoms with Crippen molar-refractivity contribution in [3.8, 4) is 11.5 Å². The topological polar surface area (TPSA) is 99.5 Å². The van der Waals surface area contributed by atoms with Gasteiger partial charge in [-0.3, -0.25) is 9.80 Å². The van der Waals surface area contributed by atoms with E-state index in [2.05, 4.69) is 47.1 Å². The zero-order valence-corrected chi connectivity index (χ0v) is 18.2. The molecule has 2 aromatic carbocycles. The predicted octanol–water partition coefficient (Wildman–Crippen LogP) is 2.49. The van der Waals surface area contributed by atoms with Crippen molar-refractivity contribution in [2.75, 3.05) is 40.4 Å². The van der Waals surface area contributed by atoms with Crippen LogP contribution in [0.2, 0.25) is 0 Å². The highest BCUT2D eigenvalue weighted by molar-refractivity contribution is 6.27. The maximum absolute atomic E-state index is 9.10. The lowest BCUT2D eigenvalue weighted by atomic mass is 10.1. The number of carbonyl (C=O) groups is 2. The van der Waals surface area contributed by atoms with Crippen molar-refractivity contribution in [3.63, 3.8) is 0 Å². The van der Waals surface area contributed by atoms with Crippen LogP contribution in [0.4, 0.5) is 0 Å². The Labute approximate surface area is 182 Å². The average Bonchev–Trinajstić information content (AvgIpc) is 2.76. The molecular weight excluding hydrogens is 400 g/mol. The van der Waals surface area contributed by atoms with E-state index in [9.17, 15) is 0 Å². The lowest BCUT2D eigenvalue weighted by molar-refractivity contribution is -0.159. The number of methoxy groups -OCH3 is 2. The molecule has 8 heteroatoms. The summed E-state index contributed by atoms with van der Waals surface area (Å²) in [7, 11) is 3.40. The van der Waals surface area contributed by atoms with Crippen molar-refractivity contribution >= 4 is 11.9 Å². The number of aliphatic carboxylic acids is 2.